The number of rotatable bonds is 5. The maximum Gasteiger partial charge on any atom is 0.325 e. The molecule has 0 spiro atoms. The van der Waals surface area contributed by atoms with Gasteiger partial charge in [0, 0.05) is 13.0 Å². The van der Waals surface area contributed by atoms with Gasteiger partial charge in [-0.2, -0.15) is 5.26 Å². The van der Waals surface area contributed by atoms with E-state index in [1.165, 1.54) is 13.0 Å². The number of carbonyl (C=O) groups excluding carboxylic acids is 3. The third-order valence-corrected chi connectivity index (χ3v) is 4.66. The van der Waals surface area contributed by atoms with Crippen LogP contribution in [0, 0.1) is 23.0 Å². The molecule has 1 aliphatic heterocycles. The SMILES string of the molecule is CC1(c2ccc(F)c(F)c2)NC(=O)N(CCC(=O)Nc2ccccc2C#N)C1=O. The maximum absolute atomic E-state index is 13.6. The first-order valence-electron chi connectivity index (χ1n) is 8.65. The molecule has 1 heterocycles. The molecule has 0 radical (unpaired) electrons. The Bertz CT molecular complexity index is 1050. The predicted molar refractivity (Wildman–Crippen MR) is 98.4 cm³/mol. The first kappa shape index (κ1) is 19.9. The van der Waals surface area contributed by atoms with Gasteiger partial charge in [-0.3, -0.25) is 14.5 Å². The molecular formula is C20H16F2N4O3. The number of nitrogens with zero attached hydrogens (tertiary/aromatic N) is 2. The number of hydrogen-bond acceptors (Lipinski definition) is 4. The van der Waals surface area contributed by atoms with Gasteiger partial charge in [0.15, 0.2) is 11.6 Å². The highest BCUT2D eigenvalue weighted by Gasteiger charge is 2.49. The molecule has 7 nitrogen and oxygen atoms in total. The lowest BCUT2D eigenvalue weighted by Crippen LogP contribution is -2.41. The second kappa shape index (κ2) is 7.67. The summed E-state index contributed by atoms with van der Waals surface area (Å²) in [6.07, 6.45) is -0.202. The van der Waals surface area contributed by atoms with E-state index in [-0.39, 0.29) is 24.1 Å². The summed E-state index contributed by atoms with van der Waals surface area (Å²) < 4.78 is 26.7. The van der Waals surface area contributed by atoms with Crippen molar-refractivity contribution >= 4 is 23.5 Å². The first-order valence-corrected chi connectivity index (χ1v) is 8.65. The van der Waals surface area contributed by atoms with Crippen molar-refractivity contribution in [1.29, 1.82) is 5.26 Å². The molecule has 0 bridgehead atoms. The Kier molecular flexibility index (Phi) is 5.28. The van der Waals surface area contributed by atoms with Gasteiger partial charge in [-0.05, 0) is 36.8 Å². The van der Waals surface area contributed by atoms with Gasteiger partial charge in [-0.25, -0.2) is 13.6 Å². The number of imide groups is 1. The van der Waals surface area contributed by atoms with Gasteiger partial charge in [-0.1, -0.05) is 18.2 Å². The minimum Gasteiger partial charge on any atom is -0.325 e. The lowest BCUT2D eigenvalue weighted by atomic mass is 9.92. The van der Waals surface area contributed by atoms with E-state index in [1.807, 2.05) is 6.07 Å². The maximum atomic E-state index is 13.6. The Balaban J connectivity index is 1.69. The van der Waals surface area contributed by atoms with Crippen molar-refractivity contribution in [3.05, 3.63) is 65.2 Å². The fourth-order valence-electron chi connectivity index (χ4n) is 3.02. The van der Waals surface area contributed by atoms with Crippen LogP contribution in [-0.4, -0.2) is 29.3 Å². The Morgan fingerprint density at radius 2 is 1.93 bits per heavy atom. The number of para-hydroxylation sites is 1. The first-order chi connectivity index (χ1) is 13.8. The Morgan fingerprint density at radius 3 is 2.62 bits per heavy atom. The van der Waals surface area contributed by atoms with Crippen molar-refractivity contribution in [1.82, 2.24) is 10.2 Å². The minimum absolute atomic E-state index is 0.0876. The van der Waals surface area contributed by atoms with Gasteiger partial charge in [-0.15, -0.1) is 0 Å². The molecule has 1 unspecified atom stereocenters. The molecule has 148 valence electrons. The van der Waals surface area contributed by atoms with Crippen molar-refractivity contribution in [2.24, 2.45) is 0 Å². The van der Waals surface area contributed by atoms with Crippen LogP contribution < -0.4 is 10.6 Å². The zero-order valence-corrected chi connectivity index (χ0v) is 15.3. The Labute approximate surface area is 164 Å². The number of nitriles is 1. The molecule has 1 atom stereocenters. The number of nitrogens with one attached hydrogen (secondary N) is 2. The van der Waals surface area contributed by atoms with Crippen LogP contribution in [-0.2, 0) is 15.1 Å². The molecule has 1 fully saturated rings. The van der Waals surface area contributed by atoms with E-state index in [1.54, 1.807) is 24.3 Å². The van der Waals surface area contributed by atoms with Gasteiger partial charge < -0.3 is 10.6 Å². The minimum atomic E-state index is -1.57. The van der Waals surface area contributed by atoms with E-state index in [4.69, 9.17) is 5.26 Å². The molecular weight excluding hydrogens is 382 g/mol. The average Bonchev–Trinajstić information content (AvgIpc) is 2.92. The molecule has 2 aromatic carbocycles. The topological polar surface area (TPSA) is 102 Å². The fraction of sp³-hybridized carbons (Fsp3) is 0.200. The van der Waals surface area contributed by atoms with Gasteiger partial charge in [0.2, 0.25) is 5.91 Å². The van der Waals surface area contributed by atoms with Crippen molar-refractivity contribution < 1.29 is 23.2 Å². The van der Waals surface area contributed by atoms with E-state index < -0.39 is 35.0 Å². The predicted octanol–water partition coefficient (Wildman–Crippen LogP) is 2.63. The van der Waals surface area contributed by atoms with Crippen LogP contribution in [0.15, 0.2) is 42.5 Å². The van der Waals surface area contributed by atoms with Crippen molar-refractivity contribution in [3.8, 4) is 6.07 Å². The Morgan fingerprint density at radius 1 is 1.21 bits per heavy atom. The van der Waals surface area contributed by atoms with Gasteiger partial charge in [0.25, 0.3) is 5.91 Å². The van der Waals surface area contributed by atoms with Crippen LogP contribution in [0.1, 0.15) is 24.5 Å². The molecule has 2 N–H and O–H groups in total. The summed E-state index contributed by atoms with van der Waals surface area (Å²) in [5.74, 6) is -3.38. The number of benzene rings is 2. The number of anilines is 1. The molecule has 2 aromatic rings. The molecule has 4 amide bonds. The van der Waals surface area contributed by atoms with Crippen LogP contribution in [0.4, 0.5) is 19.3 Å². The summed E-state index contributed by atoms with van der Waals surface area (Å²) in [4.78, 5) is 38.0. The van der Waals surface area contributed by atoms with E-state index in [9.17, 15) is 23.2 Å². The second-order valence-corrected chi connectivity index (χ2v) is 6.60. The van der Waals surface area contributed by atoms with Crippen molar-refractivity contribution in [3.63, 3.8) is 0 Å². The lowest BCUT2D eigenvalue weighted by Gasteiger charge is -2.22. The molecule has 3 rings (SSSR count). The number of amides is 4. The van der Waals surface area contributed by atoms with Crippen LogP contribution in [0.2, 0.25) is 0 Å². The van der Waals surface area contributed by atoms with E-state index in [0.717, 1.165) is 17.0 Å². The van der Waals surface area contributed by atoms with E-state index in [0.29, 0.717) is 5.69 Å². The highest BCUT2D eigenvalue weighted by molar-refractivity contribution is 6.07. The average molecular weight is 398 g/mol. The Hall–Kier alpha value is -3.80. The molecule has 9 heteroatoms. The van der Waals surface area contributed by atoms with Crippen LogP contribution in [0.25, 0.3) is 0 Å². The third kappa shape index (κ3) is 3.78. The molecule has 0 aliphatic carbocycles. The summed E-state index contributed by atoms with van der Waals surface area (Å²) in [6, 6.07) is 10.6. The zero-order valence-electron chi connectivity index (χ0n) is 15.3. The number of hydrogen-bond donors (Lipinski definition) is 2. The van der Waals surface area contributed by atoms with E-state index in [2.05, 4.69) is 10.6 Å². The summed E-state index contributed by atoms with van der Waals surface area (Å²) >= 11 is 0. The largest absolute Gasteiger partial charge is 0.325 e. The fourth-order valence-corrected chi connectivity index (χ4v) is 3.02. The third-order valence-electron chi connectivity index (χ3n) is 4.66. The zero-order chi connectivity index (χ0) is 21.2. The quantitative estimate of drug-likeness (QED) is 0.756. The summed E-state index contributed by atoms with van der Waals surface area (Å²) in [6.45, 7) is 1.16. The van der Waals surface area contributed by atoms with Crippen molar-refractivity contribution in [2.45, 2.75) is 18.9 Å². The monoisotopic (exact) mass is 398 g/mol. The lowest BCUT2D eigenvalue weighted by molar-refractivity contribution is -0.131. The molecule has 1 aliphatic rings. The summed E-state index contributed by atoms with van der Waals surface area (Å²) in [5, 5.41) is 14.1. The van der Waals surface area contributed by atoms with Gasteiger partial charge in [0.05, 0.1) is 11.3 Å². The summed E-state index contributed by atoms with van der Waals surface area (Å²) in [7, 11) is 0. The number of urea groups is 1. The summed E-state index contributed by atoms with van der Waals surface area (Å²) in [5.41, 5.74) is -0.884. The van der Waals surface area contributed by atoms with Crippen molar-refractivity contribution in [2.75, 3.05) is 11.9 Å². The number of carbonyl (C=O) groups is 3. The molecule has 29 heavy (non-hydrogen) atoms. The van der Waals surface area contributed by atoms with Gasteiger partial charge >= 0.3 is 6.03 Å². The smallest absolute Gasteiger partial charge is 0.325 e. The molecule has 0 aromatic heterocycles. The molecule has 1 saturated heterocycles. The molecule has 0 saturated carbocycles. The van der Waals surface area contributed by atoms with Crippen LogP contribution in [0.3, 0.4) is 0 Å². The van der Waals surface area contributed by atoms with Crippen LogP contribution >= 0.6 is 0 Å². The van der Waals surface area contributed by atoms with Crippen LogP contribution in [0.5, 0.6) is 0 Å². The normalized spacial score (nSPS) is 18.3. The highest BCUT2D eigenvalue weighted by atomic mass is 19.2. The number of halogens is 2. The second-order valence-electron chi connectivity index (χ2n) is 6.60. The van der Waals surface area contributed by atoms with Gasteiger partial charge in [0.1, 0.15) is 11.6 Å². The standard InChI is InChI=1S/C20H16F2N4O3/c1-20(13-6-7-14(21)15(22)10-13)18(28)26(19(29)25-20)9-8-17(27)24-16-5-3-2-4-12(16)11-23/h2-7,10H,8-9H2,1H3,(H,24,27)(H,25,29). The highest BCUT2D eigenvalue weighted by Crippen LogP contribution is 2.30. The van der Waals surface area contributed by atoms with E-state index >= 15 is 0 Å².